The van der Waals surface area contributed by atoms with Gasteiger partial charge in [0, 0.05) is 21.5 Å². The number of carbonyl (C=O) groups is 1. The number of aryl methyl sites for hydroxylation is 1. The van der Waals surface area contributed by atoms with E-state index in [9.17, 15) is 4.79 Å². The molecule has 2 aromatic heterocycles. The Labute approximate surface area is 147 Å². The molecule has 24 heavy (non-hydrogen) atoms. The molecule has 4 aromatic rings. The van der Waals surface area contributed by atoms with Crippen molar-refractivity contribution in [1.82, 2.24) is 4.98 Å². The van der Waals surface area contributed by atoms with E-state index in [1.807, 2.05) is 49.4 Å². The normalized spacial score (nSPS) is 11.1. The lowest BCUT2D eigenvalue weighted by Gasteiger charge is -2.07. The fourth-order valence-corrected chi connectivity index (χ4v) is 3.69. The maximum Gasteiger partial charge on any atom is 0.265 e. The number of fused-ring (bicyclic) bond motifs is 2. The van der Waals surface area contributed by atoms with Crippen LogP contribution in [-0.2, 0) is 0 Å². The van der Waals surface area contributed by atoms with Gasteiger partial charge in [-0.05, 0) is 42.8 Å². The van der Waals surface area contributed by atoms with E-state index in [1.54, 1.807) is 6.07 Å². The Balaban J connectivity index is 1.71. The molecule has 0 aliphatic heterocycles. The highest BCUT2D eigenvalue weighted by atomic mass is 35.5. The predicted molar refractivity (Wildman–Crippen MR) is 101 cm³/mol. The highest BCUT2D eigenvalue weighted by Crippen LogP contribution is 2.28. The van der Waals surface area contributed by atoms with Gasteiger partial charge < -0.3 is 5.32 Å². The molecule has 118 valence electrons. The first-order valence-electron chi connectivity index (χ1n) is 7.47. The molecule has 3 nitrogen and oxygen atoms in total. The first kappa shape index (κ1) is 15.1. The number of hydrogen-bond donors (Lipinski definition) is 1. The summed E-state index contributed by atoms with van der Waals surface area (Å²) in [6.45, 7) is 1.94. The van der Waals surface area contributed by atoms with Crippen molar-refractivity contribution in [1.29, 1.82) is 0 Å². The van der Waals surface area contributed by atoms with Crippen LogP contribution in [0, 0.1) is 6.92 Å². The van der Waals surface area contributed by atoms with Crippen LogP contribution < -0.4 is 5.32 Å². The summed E-state index contributed by atoms with van der Waals surface area (Å²) in [6.07, 6.45) is 0. The number of hydrogen-bond acceptors (Lipinski definition) is 3. The molecule has 0 saturated heterocycles. The predicted octanol–water partition coefficient (Wildman–Crippen LogP) is 5.66. The lowest BCUT2D eigenvalue weighted by molar-refractivity contribution is 0.103. The molecule has 0 atom stereocenters. The van der Waals surface area contributed by atoms with E-state index in [1.165, 1.54) is 11.3 Å². The largest absolute Gasteiger partial charge is 0.321 e. The Kier molecular flexibility index (Phi) is 3.71. The highest BCUT2D eigenvalue weighted by Gasteiger charge is 2.13. The van der Waals surface area contributed by atoms with Crippen LogP contribution >= 0.6 is 22.9 Å². The monoisotopic (exact) mass is 352 g/mol. The van der Waals surface area contributed by atoms with Crippen molar-refractivity contribution >= 4 is 55.7 Å². The summed E-state index contributed by atoms with van der Waals surface area (Å²) in [5.41, 5.74) is 2.63. The maximum absolute atomic E-state index is 12.6. The van der Waals surface area contributed by atoms with E-state index >= 15 is 0 Å². The maximum atomic E-state index is 12.6. The molecule has 0 saturated carbocycles. The summed E-state index contributed by atoms with van der Waals surface area (Å²) in [4.78, 5) is 18.7. The third-order valence-electron chi connectivity index (χ3n) is 3.88. The van der Waals surface area contributed by atoms with Crippen LogP contribution in [-0.4, -0.2) is 10.9 Å². The second-order valence-electron chi connectivity index (χ2n) is 5.60. The number of thiophene rings is 1. The fraction of sp³-hybridized carbons (Fsp3) is 0.0526. The first-order chi connectivity index (χ1) is 11.6. The Morgan fingerprint density at radius 3 is 2.79 bits per heavy atom. The van der Waals surface area contributed by atoms with E-state index in [2.05, 4.69) is 16.4 Å². The van der Waals surface area contributed by atoms with E-state index in [4.69, 9.17) is 11.6 Å². The molecule has 1 N–H and O–H groups in total. The Morgan fingerprint density at radius 2 is 1.92 bits per heavy atom. The number of nitrogens with one attached hydrogen (secondary N) is 1. The van der Waals surface area contributed by atoms with Gasteiger partial charge in [-0.1, -0.05) is 35.9 Å². The van der Waals surface area contributed by atoms with Crippen molar-refractivity contribution < 1.29 is 4.79 Å². The van der Waals surface area contributed by atoms with Crippen molar-refractivity contribution in [3.05, 3.63) is 70.1 Å². The molecule has 0 bridgehead atoms. The zero-order valence-corrected chi connectivity index (χ0v) is 14.4. The molecule has 0 aliphatic rings. The zero-order valence-electron chi connectivity index (χ0n) is 12.8. The minimum absolute atomic E-state index is 0.146. The quantitative estimate of drug-likeness (QED) is 0.505. The molecule has 5 heteroatoms. The van der Waals surface area contributed by atoms with Crippen molar-refractivity contribution in [3.63, 3.8) is 0 Å². The number of benzene rings is 2. The highest BCUT2D eigenvalue weighted by molar-refractivity contribution is 7.20. The smallest absolute Gasteiger partial charge is 0.265 e. The van der Waals surface area contributed by atoms with Crippen LogP contribution in [0.25, 0.3) is 21.1 Å². The Hall–Kier alpha value is -2.43. The lowest BCUT2D eigenvalue weighted by Crippen LogP contribution is -2.11. The molecule has 0 fully saturated rings. The van der Waals surface area contributed by atoms with E-state index in [-0.39, 0.29) is 5.91 Å². The van der Waals surface area contributed by atoms with Crippen LogP contribution in [0.1, 0.15) is 15.2 Å². The molecule has 1 amide bonds. The van der Waals surface area contributed by atoms with Gasteiger partial charge >= 0.3 is 0 Å². The number of halogens is 1. The van der Waals surface area contributed by atoms with Crippen molar-refractivity contribution in [2.45, 2.75) is 6.92 Å². The summed E-state index contributed by atoms with van der Waals surface area (Å²) in [5, 5.41) is 5.57. The summed E-state index contributed by atoms with van der Waals surface area (Å²) < 4.78 is 0. The van der Waals surface area contributed by atoms with Crippen LogP contribution in [0.2, 0.25) is 5.02 Å². The van der Waals surface area contributed by atoms with Crippen LogP contribution in [0.4, 0.5) is 5.69 Å². The SMILES string of the molecule is Cc1ccc(Cl)cc1NC(=O)c1cc2cc3ccccc3nc2s1. The summed E-state index contributed by atoms with van der Waals surface area (Å²) in [6, 6.07) is 17.3. The molecule has 2 aromatic carbocycles. The molecule has 0 spiro atoms. The average molecular weight is 353 g/mol. The van der Waals surface area contributed by atoms with Crippen molar-refractivity contribution in [2.75, 3.05) is 5.32 Å². The van der Waals surface area contributed by atoms with Gasteiger partial charge in [-0.2, -0.15) is 0 Å². The minimum Gasteiger partial charge on any atom is -0.321 e. The van der Waals surface area contributed by atoms with E-state index in [0.717, 1.165) is 32.4 Å². The van der Waals surface area contributed by atoms with Gasteiger partial charge in [-0.25, -0.2) is 4.98 Å². The van der Waals surface area contributed by atoms with Gasteiger partial charge in [0.15, 0.2) is 0 Å². The second-order valence-corrected chi connectivity index (χ2v) is 7.07. The van der Waals surface area contributed by atoms with E-state index in [0.29, 0.717) is 9.90 Å². The summed E-state index contributed by atoms with van der Waals surface area (Å²) >= 11 is 7.41. The first-order valence-corrected chi connectivity index (χ1v) is 8.66. The third-order valence-corrected chi connectivity index (χ3v) is 5.16. The van der Waals surface area contributed by atoms with Crippen LogP contribution in [0.5, 0.6) is 0 Å². The number of nitrogens with zero attached hydrogens (tertiary/aromatic N) is 1. The van der Waals surface area contributed by atoms with E-state index < -0.39 is 0 Å². The summed E-state index contributed by atoms with van der Waals surface area (Å²) in [5.74, 6) is -0.146. The van der Waals surface area contributed by atoms with Gasteiger partial charge in [0.25, 0.3) is 5.91 Å². The molecule has 0 radical (unpaired) electrons. The standard InChI is InChI=1S/C19H13ClN2OS/c1-11-6-7-14(20)10-16(11)21-18(23)17-9-13-8-12-4-2-3-5-15(12)22-19(13)24-17/h2-10H,1H3,(H,21,23). The Bertz CT molecular complexity index is 1030. The number of rotatable bonds is 2. The number of amides is 1. The molecular weight excluding hydrogens is 340 g/mol. The summed E-state index contributed by atoms with van der Waals surface area (Å²) in [7, 11) is 0. The van der Waals surface area contributed by atoms with Crippen LogP contribution in [0.3, 0.4) is 0 Å². The van der Waals surface area contributed by atoms with Crippen molar-refractivity contribution in [3.8, 4) is 0 Å². The lowest BCUT2D eigenvalue weighted by atomic mass is 10.2. The number of aromatic nitrogens is 1. The van der Waals surface area contributed by atoms with Gasteiger partial charge in [-0.3, -0.25) is 4.79 Å². The molecule has 4 rings (SSSR count). The molecule has 0 unspecified atom stereocenters. The second kappa shape index (κ2) is 5.89. The molecular formula is C19H13ClN2OS. The van der Waals surface area contributed by atoms with Crippen LogP contribution in [0.15, 0.2) is 54.6 Å². The minimum atomic E-state index is -0.146. The number of pyridine rings is 1. The number of para-hydroxylation sites is 1. The van der Waals surface area contributed by atoms with Gasteiger partial charge in [0.05, 0.1) is 10.4 Å². The fourth-order valence-electron chi connectivity index (χ4n) is 2.60. The molecule has 0 aliphatic carbocycles. The molecule has 2 heterocycles. The van der Waals surface area contributed by atoms with Crippen molar-refractivity contribution in [2.24, 2.45) is 0 Å². The zero-order chi connectivity index (χ0) is 16.7. The Morgan fingerprint density at radius 1 is 1.08 bits per heavy atom. The third kappa shape index (κ3) is 2.75. The van der Waals surface area contributed by atoms with Gasteiger partial charge in [0.1, 0.15) is 4.83 Å². The number of anilines is 1. The average Bonchev–Trinajstić information content (AvgIpc) is 2.99. The number of carbonyl (C=O) groups excluding carboxylic acids is 1. The topological polar surface area (TPSA) is 42.0 Å². The van der Waals surface area contributed by atoms with Gasteiger partial charge in [0.2, 0.25) is 0 Å². The van der Waals surface area contributed by atoms with Gasteiger partial charge in [-0.15, -0.1) is 11.3 Å².